The van der Waals surface area contributed by atoms with E-state index < -0.39 is 0 Å². The molecule has 0 aliphatic heterocycles. The molecule has 0 saturated carbocycles. The number of aromatic nitrogens is 1. The normalized spacial score (nSPS) is 10.2. The SMILES string of the molecule is CCc1ccc(OCc2cnc(NN)s2)cc1. The molecule has 0 saturated heterocycles. The van der Waals surface area contributed by atoms with Gasteiger partial charge in [0.15, 0.2) is 5.13 Å². The highest BCUT2D eigenvalue weighted by molar-refractivity contribution is 7.15. The van der Waals surface area contributed by atoms with Crippen molar-refractivity contribution >= 4 is 16.5 Å². The van der Waals surface area contributed by atoms with E-state index in [1.807, 2.05) is 12.1 Å². The van der Waals surface area contributed by atoms with Gasteiger partial charge in [0.1, 0.15) is 12.4 Å². The zero-order valence-electron chi connectivity index (χ0n) is 9.64. The Bertz CT molecular complexity index is 467. The van der Waals surface area contributed by atoms with Gasteiger partial charge in [-0.15, -0.1) is 0 Å². The highest BCUT2D eigenvalue weighted by atomic mass is 32.1. The number of nitrogens with zero attached hydrogens (tertiary/aromatic N) is 1. The van der Waals surface area contributed by atoms with E-state index >= 15 is 0 Å². The van der Waals surface area contributed by atoms with Crippen LogP contribution < -0.4 is 16.0 Å². The molecule has 1 aromatic heterocycles. The minimum Gasteiger partial charge on any atom is -0.488 e. The van der Waals surface area contributed by atoms with Crippen molar-refractivity contribution in [3.05, 3.63) is 40.9 Å². The molecule has 1 aromatic carbocycles. The molecule has 5 heteroatoms. The van der Waals surface area contributed by atoms with Gasteiger partial charge in [-0.05, 0) is 24.1 Å². The summed E-state index contributed by atoms with van der Waals surface area (Å²) in [6.45, 7) is 2.65. The summed E-state index contributed by atoms with van der Waals surface area (Å²) in [5.41, 5.74) is 3.82. The van der Waals surface area contributed by atoms with Crippen molar-refractivity contribution in [2.75, 3.05) is 5.43 Å². The Balaban J connectivity index is 1.92. The van der Waals surface area contributed by atoms with Crippen LogP contribution in [-0.2, 0) is 13.0 Å². The van der Waals surface area contributed by atoms with Crippen LogP contribution >= 0.6 is 11.3 Å². The standard InChI is InChI=1S/C12H15N3OS/c1-2-9-3-5-10(6-4-9)16-8-11-7-14-12(15-13)17-11/h3-7H,2,8,13H2,1H3,(H,14,15). The highest BCUT2D eigenvalue weighted by Crippen LogP contribution is 2.20. The molecule has 0 fully saturated rings. The fourth-order valence-corrected chi connectivity index (χ4v) is 2.05. The molecular weight excluding hydrogens is 234 g/mol. The van der Waals surface area contributed by atoms with Crippen LogP contribution in [-0.4, -0.2) is 4.98 Å². The maximum Gasteiger partial charge on any atom is 0.197 e. The second-order valence-electron chi connectivity index (χ2n) is 3.56. The van der Waals surface area contributed by atoms with Gasteiger partial charge in [0.2, 0.25) is 0 Å². The zero-order chi connectivity index (χ0) is 12.1. The van der Waals surface area contributed by atoms with Gasteiger partial charge in [-0.3, -0.25) is 5.43 Å². The fraction of sp³-hybridized carbons (Fsp3) is 0.250. The molecule has 3 N–H and O–H groups in total. The smallest absolute Gasteiger partial charge is 0.197 e. The molecule has 0 aliphatic rings. The van der Waals surface area contributed by atoms with Crippen LogP contribution in [0.4, 0.5) is 5.13 Å². The van der Waals surface area contributed by atoms with Crippen molar-refractivity contribution in [1.82, 2.24) is 4.98 Å². The molecule has 90 valence electrons. The number of hydrazine groups is 1. The number of nitrogen functional groups attached to an aromatic ring is 1. The summed E-state index contributed by atoms with van der Waals surface area (Å²) in [6, 6.07) is 8.13. The lowest BCUT2D eigenvalue weighted by atomic mass is 10.2. The molecule has 2 rings (SSSR count). The predicted octanol–water partition coefficient (Wildman–Crippen LogP) is 2.57. The number of nitrogens with one attached hydrogen (secondary N) is 1. The average Bonchev–Trinajstić information content (AvgIpc) is 2.85. The Morgan fingerprint density at radius 2 is 2.12 bits per heavy atom. The summed E-state index contributed by atoms with van der Waals surface area (Å²) < 4.78 is 5.65. The largest absolute Gasteiger partial charge is 0.488 e. The molecule has 0 atom stereocenters. The third-order valence-corrected chi connectivity index (χ3v) is 3.29. The first-order valence-corrected chi connectivity index (χ1v) is 6.26. The molecule has 4 nitrogen and oxygen atoms in total. The van der Waals surface area contributed by atoms with Gasteiger partial charge in [-0.25, -0.2) is 10.8 Å². The van der Waals surface area contributed by atoms with Gasteiger partial charge in [0.25, 0.3) is 0 Å². The lowest BCUT2D eigenvalue weighted by molar-refractivity contribution is 0.309. The van der Waals surface area contributed by atoms with E-state index in [0.717, 1.165) is 17.0 Å². The predicted molar refractivity (Wildman–Crippen MR) is 70.1 cm³/mol. The molecule has 0 bridgehead atoms. The van der Waals surface area contributed by atoms with E-state index in [9.17, 15) is 0 Å². The van der Waals surface area contributed by atoms with Gasteiger partial charge in [-0.1, -0.05) is 30.4 Å². The third-order valence-electron chi connectivity index (χ3n) is 2.39. The Kier molecular flexibility index (Phi) is 3.95. The number of hydrogen-bond donors (Lipinski definition) is 2. The fourth-order valence-electron chi connectivity index (χ4n) is 1.42. The first-order valence-electron chi connectivity index (χ1n) is 5.45. The van der Waals surface area contributed by atoms with Gasteiger partial charge < -0.3 is 4.74 Å². The number of thiazole rings is 1. The van der Waals surface area contributed by atoms with Crippen LogP contribution in [0.2, 0.25) is 0 Å². The van der Waals surface area contributed by atoms with E-state index in [-0.39, 0.29) is 0 Å². The maximum atomic E-state index is 5.65. The number of nitrogens with two attached hydrogens (primary N) is 1. The molecule has 0 unspecified atom stereocenters. The minimum absolute atomic E-state index is 0.519. The van der Waals surface area contributed by atoms with Gasteiger partial charge in [0.05, 0.1) is 4.88 Å². The topological polar surface area (TPSA) is 60.2 Å². The van der Waals surface area contributed by atoms with Gasteiger partial charge in [-0.2, -0.15) is 0 Å². The van der Waals surface area contributed by atoms with Gasteiger partial charge >= 0.3 is 0 Å². The average molecular weight is 249 g/mol. The lowest BCUT2D eigenvalue weighted by Gasteiger charge is -2.04. The van der Waals surface area contributed by atoms with E-state index in [1.54, 1.807) is 6.20 Å². The third kappa shape index (κ3) is 3.18. The Labute approximate surface area is 104 Å². The van der Waals surface area contributed by atoms with Crippen molar-refractivity contribution in [3.63, 3.8) is 0 Å². The van der Waals surface area contributed by atoms with Crippen molar-refractivity contribution in [1.29, 1.82) is 0 Å². The van der Waals surface area contributed by atoms with E-state index in [1.165, 1.54) is 16.9 Å². The molecule has 0 amide bonds. The van der Waals surface area contributed by atoms with Crippen LogP contribution in [0, 0.1) is 0 Å². The molecule has 0 spiro atoms. The van der Waals surface area contributed by atoms with Crippen LogP contribution in [0.25, 0.3) is 0 Å². The first kappa shape index (κ1) is 11.9. The number of anilines is 1. The van der Waals surface area contributed by atoms with Crippen LogP contribution in [0.5, 0.6) is 5.75 Å². The van der Waals surface area contributed by atoms with Crippen molar-refractivity contribution in [2.45, 2.75) is 20.0 Å². The van der Waals surface area contributed by atoms with Crippen molar-refractivity contribution in [3.8, 4) is 5.75 Å². The number of rotatable bonds is 5. The van der Waals surface area contributed by atoms with E-state index in [2.05, 4.69) is 29.5 Å². The molecular formula is C12H15N3OS. The van der Waals surface area contributed by atoms with E-state index in [4.69, 9.17) is 10.6 Å². The quantitative estimate of drug-likeness (QED) is 0.631. The van der Waals surface area contributed by atoms with Crippen LogP contribution in [0.3, 0.4) is 0 Å². The second-order valence-corrected chi connectivity index (χ2v) is 4.68. The Hall–Kier alpha value is -1.59. The Morgan fingerprint density at radius 3 is 2.71 bits per heavy atom. The van der Waals surface area contributed by atoms with E-state index in [0.29, 0.717) is 11.7 Å². The number of ether oxygens (including phenoxy) is 1. The second kappa shape index (κ2) is 5.65. The summed E-state index contributed by atoms with van der Waals surface area (Å²) in [7, 11) is 0. The molecule has 2 aromatic rings. The van der Waals surface area contributed by atoms with Crippen LogP contribution in [0.15, 0.2) is 30.5 Å². The molecule has 0 aliphatic carbocycles. The van der Waals surface area contributed by atoms with Crippen molar-refractivity contribution in [2.24, 2.45) is 5.84 Å². The summed E-state index contributed by atoms with van der Waals surface area (Å²) in [5.74, 6) is 6.13. The maximum absolute atomic E-state index is 5.65. The molecule has 0 radical (unpaired) electrons. The molecule has 1 heterocycles. The lowest BCUT2D eigenvalue weighted by Crippen LogP contribution is -2.05. The summed E-state index contributed by atoms with van der Waals surface area (Å²) in [4.78, 5) is 5.12. The van der Waals surface area contributed by atoms with Crippen LogP contribution in [0.1, 0.15) is 17.4 Å². The number of aryl methyl sites for hydroxylation is 1. The van der Waals surface area contributed by atoms with Crippen molar-refractivity contribution < 1.29 is 4.74 Å². The summed E-state index contributed by atoms with van der Waals surface area (Å²) in [5, 5.41) is 0.699. The monoisotopic (exact) mass is 249 g/mol. The summed E-state index contributed by atoms with van der Waals surface area (Å²) >= 11 is 1.49. The molecule has 17 heavy (non-hydrogen) atoms. The Morgan fingerprint density at radius 1 is 1.35 bits per heavy atom. The number of benzene rings is 1. The summed E-state index contributed by atoms with van der Waals surface area (Å²) in [6.07, 6.45) is 2.81. The first-order chi connectivity index (χ1) is 8.31. The zero-order valence-corrected chi connectivity index (χ0v) is 10.5. The highest BCUT2D eigenvalue weighted by Gasteiger charge is 2.01. The number of hydrogen-bond acceptors (Lipinski definition) is 5. The minimum atomic E-state index is 0.519. The van der Waals surface area contributed by atoms with Gasteiger partial charge in [0, 0.05) is 6.20 Å².